The standard InChI is InChI=1S/C12H20N4O/c1-8-6-14-12(13)16-11(8)15-10-4-2-3-9(5-10)7-17/h6,9-10,17H,2-5,7H2,1H3,(H3,13,14,15,16). The number of aryl methyl sites for hydroxylation is 1. The minimum Gasteiger partial charge on any atom is -0.396 e. The highest BCUT2D eigenvalue weighted by molar-refractivity contribution is 5.45. The molecule has 1 aliphatic carbocycles. The van der Waals surface area contributed by atoms with Crippen LogP contribution in [-0.2, 0) is 0 Å². The summed E-state index contributed by atoms with van der Waals surface area (Å²) in [6.07, 6.45) is 6.14. The molecule has 5 heteroatoms. The van der Waals surface area contributed by atoms with Gasteiger partial charge >= 0.3 is 0 Å². The Kier molecular flexibility index (Phi) is 3.78. The van der Waals surface area contributed by atoms with E-state index in [4.69, 9.17) is 5.73 Å². The highest BCUT2D eigenvalue weighted by Crippen LogP contribution is 2.26. The van der Waals surface area contributed by atoms with Crippen LogP contribution in [0.2, 0.25) is 0 Å². The average molecular weight is 236 g/mol. The number of nitrogens with one attached hydrogen (secondary N) is 1. The fourth-order valence-electron chi connectivity index (χ4n) is 2.38. The van der Waals surface area contributed by atoms with Gasteiger partial charge in [-0.25, -0.2) is 4.98 Å². The third kappa shape index (κ3) is 3.06. The molecule has 5 nitrogen and oxygen atoms in total. The summed E-state index contributed by atoms with van der Waals surface area (Å²) < 4.78 is 0. The molecule has 0 radical (unpaired) electrons. The number of aromatic nitrogens is 2. The van der Waals surface area contributed by atoms with Crippen molar-refractivity contribution >= 4 is 11.8 Å². The van der Waals surface area contributed by atoms with Crippen molar-refractivity contribution in [3.63, 3.8) is 0 Å². The molecule has 0 aromatic carbocycles. The van der Waals surface area contributed by atoms with Crippen LogP contribution in [0.5, 0.6) is 0 Å². The van der Waals surface area contributed by atoms with Gasteiger partial charge in [0.15, 0.2) is 0 Å². The lowest BCUT2D eigenvalue weighted by atomic mass is 9.86. The van der Waals surface area contributed by atoms with Crippen molar-refractivity contribution in [2.24, 2.45) is 5.92 Å². The zero-order valence-electron chi connectivity index (χ0n) is 10.2. The van der Waals surface area contributed by atoms with Crippen LogP contribution < -0.4 is 11.1 Å². The molecule has 2 atom stereocenters. The van der Waals surface area contributed by atoms with Gasteiger partial charge in [0.25, 0.3) is 0 Å². The van der Waals surface area contributed by atoms with E-state index in [-0.39, 0.29) is 6.61 Å². The Hall–Kier alpha value is -1.36. The molecule has 0 spiro atoms. The van der Waals surface area contributed by atoms with Crippen molar-refractivity contribution in [2.75, 3.05) is 17.7 Å². The van der Waals surface area contributed by atoms with Crippen LogP contribution in [0.1, 0.15) is 31.2 Å². The van der Waals surface area contributed by atoms with Gasteiger partial charge in [0.1, 0.15) is 5.82 Å². The molecule has 0 amide bonds. The molecule has 1 aliphatic rings. The van der Waals surface area contributed by atoms with E-state index in [1.54, 1.807) is 6.20 Å². The Bertz CT molecular complexity index is 383. The topological polar surface area (TPSA) is 84.1 Å². The lowest BCUT2D eigenvalue weighted by Gasteiger charge is -2.29. The first-order chi connectivity index (χ1) is 8.19. The van der Waals surface area contributed by atoms with Crippen LogP contribution in [0.4, 0.5) is 11.8 Å². The number of aliphatic hydroxyl groups is 1. The molecule has 2 unspecified atom stereocenters. The zero-order valence-corrected chi connectivity index (χ0v) is 10.2. The van der Waals surface area contributed by atoms with Gasteiger partial charge in [-0.1, -0.05) is 6.42 Å². The number of anilines is 2. The van der Waals surface area contributed by atoms with Crippen molar-refractivity contribution in [3.8, 4) is 0 Å². The Morgan fingerprint density at radius 3 is 3.12 bits per heavy atom. The molecule has 1 fully saturated rings. The molecule has 4 N–H and O–H groups in total. The Morgan fingerprint density at radius 2 is 2.35 bits per heavy atom. The van der Waals surface area contributed by atoms with E-state index in [9.17, 15) is 5.11 Å². The lowest BCUT2D eigenvalue weighted by Crippen LogP contribution is -2.29. The van der Waals surface area contributed by atoms with Crippen molar-refractivity contribution in [2.45, 2.75) is 38.6 Å². The van der Waals surface area contributed by atoms with E-state index in [2.05, 4.69) is 15.3 Å². The van der Waals surface area contributed by atoms with Crippen molar-refractivity contribution < 1.29 is 5.11 Å². The number of nitrogens with zero attached hydrogens (tertiary/aromatic N) is 2. The van der Waals surface area contributed by atoms with Crippen LogP contribution in [0.15, 0.2) is 6.20 Å². The first-order valence-corrected chi connectivity index (χ1v) is 6.15. The first kappa shape index (κ1) is 12.1. The van der Waals surface area contributed by atoms with Gasteiger partial charge in [-0.2, -0.15) is 4.98 Å². The van der Waals surface area contributed by atoms with E-state index >= 15 is 0 Å². The predicted molar refractivity (Wildman–Crippen MR) is 67.6 cm³/mol. The van der Waals surface area contributed by atoms with Crippen LogP contribution in [0.3, 0.4) is 0 Å². The largest absolute Gasteiger partial charge is 0.396 e. The summed E-state index contributed by atoms with van der Waals surface area (Å²) >= 11 is 0. The second-order valence-electron chi connectivity index (χ2n) is 4.82. The lowest BCUT2D eigenvalue weighted by molar-refractivity contribution is 0.184. The molecular weight excluding hydrogens is 216 g/mol. The average Bonchev–Trinajstić information content (AvgIpc) is 2.34. The van der Waals surface area contributed by atoms with Crippen LogP contribution >= 0.6 is 0 Å². The normalized spacial score (nSPS) is 24.6. The number of nitrogens with two attached hydrogens (primary N) is 1. The van der Waals surface area contributed by atoms with Crippen molar-refractivity contribution in [1.29, 1.82) is 0 Å². The molecule has 0 aliphatic heterocycles. The fraction of sp³-hybridized carbons (Fsp3) is 0.667. The Labute approximate surface area is 101 Å². The summed E-state index contributed by atoms with van der Waals surface area (Å²) in [5.74, 6) is 1.54. The molecule has 1 heterocycles. The second kappa shape index (κ2) is 5.31. The molecule has 1 aromatic rings. The van der Waals surface area contributed by atoms with Gasteiger partial charge < -0.3 is 16.2 Å². The molecule has 1 saturated carbocycles. The van der Waals surface area contributed by atoms with E-state index < -0.39 is 0 Å². The number of aliphatic hydroxyl groups excluding tert-OH is 1. The fourth-order valence-corrected chi connectivity index (χ4v) is 2.38. The number of rotatable bonds is 3. The highest BCUT2D eigenvalue weighted by atomic mass is 16.3. The van der Waals surface area contributed by atoms with Gasteiger partial charge in [0, 0.05) is 24.4 Å². The van der Waals surface area contributed by atoms with Gasteiger partial charge in [-0.15, -0.1) is 0 Å². The maximum Gasteiger partial charge on any atom is 0.221 e. The van der Waals surface area contributed by atoms with Gasteiger partial charge in [0.2, 0.25) is 5.95 Å². The number of hydrogen-bond acceptors (Lipinski definition) is 5. The maximum absolute atomic E-state index is 9.20. The molecule has 2 rings (SSSR count). The third-order valence-corrected chi connectivity index (χ3v) is 3.37. The summed E-state index contributed by atoms with van der Waals surface area (Å²) in [4.78, 5) is 8.16. The quantitative estimate of drug-likeness (QED) is 0.737. The van der Waals surface area contributed by atoms with Crippen molar-refractivity contribution in [3.05, 3.63) is 11.8 Å². The van der Waals surface area contributed by atoms with E-state index in [0.717, 1.165) is 37.1 Å². The monoisotopic (exact) mass is 236 g/mol. The van der Waals surface area contributed by atoms with Gasteiger partial charge in [0.05, 0.1) is 0 Å². The van der Waals surface area contributed by atoms with Crippen LogP contribution in [-0.4, -0.2) is 27.7 Å². The van der Waals surface area contributed by atoms with Gasteiger partial charge in [-0.05, 0) is 32.1 Å². The minimum atomic E-state index is 0.281. The summed E-state index contributed by atoms with van der Waals surface area (Å²) in [7, 11) is 0. The summed E-state index contributed by atoms with van der Waals surface area (Å²) in [6, 6.07) is 0.383. The molecule has 17 heavy (non-hydrogen) atoms. The van der Waals surface area contributed by atoms with Crippen LogP contribution in [0, 0.1) is 12.8 Å². The van der Waals surface area contributed by atoms with Gasteiger partial charge in [-0.3, -0.25) is 0 Å². The van der Waals surface area contributed by atoms with Crippen molar-refractivity contribution in [1.82, 2.24) is 9.97 Å². The predicted octanol–water partition coefficient (Wildman–Crippen LogP) is 1.33. The summed E-state index contributed by atoms with van der Waals surface area (Å²) in [5.41, 5.74) is 6.59. The van der Waals surface area contributed by atoms with Crippen LogP contribution in [0.25, 0.3) is 0 Å². The van der Waals surface area contributed by atoms with E-state index in [0.29, 0.717) is 17.9 Å². The third-order valence-electron chi connectivity index (χ3n) is 3.37. The highest BCUT2D eigenvalue weighted by Gasteiger charge is 2.21. The number of nitrogen functional groups attached to an aromatic ring is 1. The summed E-state index contributed by atoms with van der Waals surface area (Å²) in [5, 5.41) is 12.6. The minimum absolute atomic E-state index is 0.281. The molecule has 94 valence electrons. The maximum atomic E-state index is 9.20. The molecule has 0 bridgehead atoms. The Balaban J connectivity index is 2.02. The SMILES string of the molecule is Cc1cnc(N)nc1NC1CCCC(CO)C1. The first-order valence-electron chi connectivity index (χ1n) is 6.15. The zero-order chi connectivity index (χ0) is 12.3. The van der Waals surface area contributed by atoms with E-state index in [1.165, 1.54) is 0 Å². The molecule has 1 aromatic heterocycles. The second-order valence-corrected chi connectivity index (χ2v) is 4.82. The molecular formula is C12H20N4O. The molecule has 0 saturated heterocycles. The number of hydrogen-bond donors (Lipinski definition) is 3. The smallest absolute Gasteiger partial charge is 0.221 e. The summed E-state index contributed by atoms with van der Waals surface area (Å²) in [6.45, 7) is 2.25. The van der Waals surface area contributed by atoms with E-state index in [1.807, 2.05) is 6.92 Å². The Morgan fingerprint density at radius 1 is 1.53 bits per heavy atom.